The second-order valence-electron chi connectivity index (χ2n) is 9.26. The molecule has 31 heavy (non-hydrogen) atoms. The number of aryl methyl sites for hydroxylation is 1. The first-order chi connectivity index (χ1) is 15.0. The van der Waals surface area contributed by atoms with E-state index < -0.39 is 5.97 Å². The minimum absolute atomic E-state index is 0.128. The highest BCUT2D eigenvalue weighted by molar-refractivity contribution is 5.69. The summed E-state index contributed by atoms with van der Waals surface area (Å²) < 4.78 is 0. The Kier molecular flexibility index (Phi) is 4.11. The van der Waals surface area contributed by atoms with E-state index in [1.807, 2.05) is 0 Å². The van der Waals surface area contributed by atoms with Crippen molar-refractivity contribution < 1.29 is 9.90 Å². The standard InChI is InChI=1S/C27H26N2O2/c1-16-11-20-7-8-22(16)23-12-21(14-28-9-10-29(15-24(30)31)17(2)13-28)25-18-3-5-19(6-4-18)26(23)27(20)25/h3-8,11-12,17H,9-10,13-15H2,1-2H3,(H,30,31)/t17-/m1/s1. The number of hydrogen-bond donors (Lipinski definition) is 1. The lowest BCUT2D eigenvalue weighted by Gasteiger charge is -2.39. The smallest absolute Gasteiger partial charge is 0.317 e. The average Bonchev–Trinajstić information content (AvgIpc) is 3.03. The molecule has 4 aliphatic carbocycles. The molecule has 4 nitrogen and oxygen atoms in total. The molecular formula is C27H26N2O2. The molecule has 8 rings (SSSR count). The van der Waals surface area contributed by atoms with Gasteiger partial charge in [-0.1, -0.05) is 42.5 Å². The fraction of sp³-hybridized carbons (Fsp3) is 0.296. The fourth-order valence-corrected chi connectivity index (χ4v) is 5.78. The highest BCUT2D eigenvalue weighted by atomic mass is 16.4. The number of piperazine rings is 1. The van der Waals surface area contributed by atoms with Crippen LogP contribution in [-0.2, 0) is 11.3 Å². The van der Waals surface area contributed by atoms with Gasteiger partial charge in [-0.15, -0.1) is 0 Å². The van der Waals surface area contributed by atoms with E-state index >= 15 is 0 Å². The zero-order valence-corrected chi connectivity index (χ0v) is 18.0. The van der Waals surface area contributed by atoms with Crippen LogP contribution >= 0.6 is 0 Å². The highest BCUT2D eigenvalue weighted by Crippen LogP contribution is 2.23. The van der Waals surface area contributed by atoms with Crippen molar-refractivity contribution >= 4 is 5.97 Å². The maximum atomic E-state index is 11.2. The molecule has 0 unspecified atom stereocenters. The summed E-state index contributed by atoms with van der Waals surface area (Å²) in [6, 6.07) is 18.6. The Morgan fingerprint density at radius 1 is 0.935 bits per heavy atom. The molecule has 5 aliphatic rings. The van der Waals surface area contributed by atoms with Gasteiger partial charge in [0.2, 0.25) is 0 Å². The van der Waals surface area contributed by atoms with Crippen LogP contribution < -0.4 is 0 Å². The maximum Gasteiger partial charge on any atom is 0.317 e. The normalized spacial score (nSPS) is 18.8. The van der Waals surface area contributed by atoms with Gasteiger partial charge in [-0.05, 0) is 72.8 Å². The summed E-state index contributed by atoms with van der Waals surface area (Å²) in [7, 11) is 0. The van der Waals surface area contributed by atoms with E-state index in [0.717, 1.165) is 26.2 Å². The zero-order valence-electron chi connectivity index (χ0n) is 18.0. The van der Waals surface area contributed by atoms with Crippen LogP contribution in [0.5, 0.6) is 0 Å². The molecule has 0 spiro atoms. The van der Waals surface area contributed by atoms with Crippen molar-refractivity contribution in [2.24, 2.45) is 0 Å². The van der Waals surface area contributed by atoms with Crippen LogP contribution in [0.25, 0.3) is 0 Å². The third kappa shape index (κ3) is 2.86. The van der Waals surface area contributed by atoms with Crippen molar-refractivity contribution in [2.45, 2.75) is 26.4 Å². The molecule has 1 N–H and O–H groups in total. The first-order valence-electron chi connectivity index (χ1n) is 11.1. The molecule has 3 aromatic carbocycles. The van der Waals surface area contributed by atoms with Gasteiger partial charge in [-0.2, -0.15) is 0 Å². The summed E-state index contributed by atoms with van der Waals surface area (Å²) in [5, 5.41) is 19.9. The lowest BCUT2D eigenvalue weighted by molar-refractivity contribution is -0.139. The monoisotopic (exact) mass is 410 g/mol. The molecule has 0 radical (unpaired) electrons. The van der Waals surface area contributed by atoms with Crippen LogP contribution in [0.1, 0.15) is 18.1 Å². The minimum atomic E-state index is -0.743. The molecule has 1 saturated heterocycles. The minimum Gasteiger partial charge on any atom is -0.480 e. The molecule has 1 fully saturated rings. The number of hydrogen-bond acceptors (Lipinski definition) is 3. The zero-order chi connectivity index (χ0) is 21.3. The molecule has 3 aromatic rings. The number of aliphatic carboxylic acids is 1. The van der Waals surface area contributed by atoms with Gasteiger partial charge in [0.1, 0.15) is 0 Å². The van der Waals surface area contributed by atoms with E-state index in [-0.39, 0.29) is 12.6 Å². The maximum absolute atomic E-state index is 11.2. The number of nitrogens with zero attached hydrogens (tertiary/aromatic N) is 2. The van der Waals surface area contributed by atoms with E-state index in [1.165, 1.54) is 52.9 Å². The first-order valence-corrected chi connectivity index (χ1v) is 11.1. The third-order valence-electron chi connectivity index (χ3n) is 7.26. The Balaban J connectivity index is 1.56. The van der Waals surface area contributed by atoms with E-state index in [9.17, 15) is 9.90 Å². The van der Waals surface area contributed by atoms with Crippen LogP contribution in [-0.4, -0.2) is 53.1 Å². The van der Waals surface area contributed by atoms with E-state index in [4.69, 9.17) is 0 Å². The fourth-order valence-electron chi connectivity index (χ4n) is 5.78. The molecule has 1 aliphatic heterocycles. The van der Waals surface area contributed by atoms with E-state index in [0.29, 0.717) is 0 Å². The molecule has 1 heterocycles. The Morgan fingerprint density at radius 2 is 1.65 bits per heavy atom. The molecule has 0 aromatic heterocycles. The number of carboxylic acid groups (broad SMARTS) is 1. The van der Waals surface area contributed by atoms with Gasteiger partial charge in [0.05, 0.1) is 6.54 Å². The molecule has 4 heteroatoms. The lowest BCUT2D eigenvalue weighted by Crippen LogP contribution is -2.52. The van der Waals surface area contributed by atoms with Gasteiger partial charge in [-0.3, -0.25) is 14.6 Å². The molecule has 0 saturated carbocycles. The summed E-state index contributed by atoms with van der Waals surface area (Å²) in [6.45, 7) is 7.95. The predicted molar refractivity (Wildman–Crippen MR) is 119 cm³/mol. The van der Waals surface area contributed by atoms with Crippen LogP contribution in [0.3, 0.4) is 0 Å². The van der Waals surface area contributed by atoms with Gasteiger partial charge in [-0.25, -0.2) is 0 Å². The van der Waals surface area contributed by atoms with Crippen molar-refractivity contribution in [1.82, 2.24) is 9.80 Å². The van der Waals surface area contributed by atoms with Gasteiger partial charge >= 0.3 is 5.97 Å². The number of fused-ring (bicyclic) bond motifs is 4. The second kappa shape index (κ2) is 6.78. The summed E-state index contributed by atoms with van der Waals surface area (Å²) >= 11 is 0. The summed E-state index contributed by atoms with van der Waals surface area (Å²) in [4.78, 5) is 15.7. The average molecular weight is 411 g/mol. The van der Waals surface area contributed by atoms with E-state index in [2.05, 4.69) is 72.2 Å². The second-order valence-corrected chi connectivity index (χ2v) is 9.26. The number of carbonyl (C=O) groups is 1. The molecular weight excluding hydrogens is 384 g/mol. The van der Waals surface area contributed by atoms with Crippen LogP contribution in [0.2, 0.25) is 0 Å². The third-order valence-corrected chi connectivity index (χ3v) is 7.26. The van der Waals surface area contributed by atoms with Gasteiger partial charge < -0.3 is 5.11 Å². The number of carboxylic acids is 1. The number of benzene rings is 3. The van der Waals surface area contributed by atoms with Crippen LogP contribution in [0.4, 0.5) is 0 Å². The van der Waals surface area contributed by atoms with Gasteiger partial charge in [0.25, 0.3) is 0 Å². The Bertz CT molecular complexity index is 1620. The van der Waals surface area contributed by atoms with E-state index in [1.54, 1.807) is 0 Å². The molecule has 0 amide bonds. The first kappa shape index (κ1) is 18.8. The molecule has 156 valence electrons. The molecule has 1 atom stereocenters. The highest BCUT2D eigenvalue weighted by Gasteiger charge is 2.25. The van der Waals surface area contributed by atoms with Crippen LogP contribution in [0, 0.1) is 48.7 Å². The van der Waals surface area contributed by atoms with Crippen molar-refractivity contribution in [3.8, 4) is 0 Å². The van der Waals surface area contributed by atoms with Crippen molar-refractivity contribution in [3.63, 3.8) is 0 Å². The Morgan fingerprint density at radius 3 is 2.32 bits per heavy atom. The summed E-state index contributed by atoms with van der Waals surface area (Å²) in [6.07, 6.45) is 0. The quantitative estimate of drug-likeness (QED) is 0.493. The largest absolute Gasteiger partial charge is 0.480 e. The predicted octanol–water partition coefficient (Wildman–Crippen LogP) is 3.36. The summed E-state index contributed by atoms with van der Waals surface area (Å²) in [5.41, 5.74) is 2.71. The number of rotatable bonds is 4. The Labute approximate surface area is 180 Å². The SMILES string of the molecule is Cc1cc2ccc1=c1cc(CN3CCN(CC(=O)O)[C@H](C)C3)c3c=2c1=c1ccc=3cc1. The topological polar surface area (TPSA) is 43.8 Å². The van der Waals surface area contributed by atoms with Crippen LogP contribution in [0.15, 0.2) is 48.5 Å². The molecule has 8 bridgehead atoms. The van der Waals surface area contributed by atoms with Gasteiger partial charge in [0, 0.05) is 32.2 Å². The van der Waals surface area contributed by atoms with Gasteiger partial charge in [0.15, 0.2) is 0 Å². The van der Waals surface area contributed by atoms with Crippen molar-refractivity contribution in [3.05, 3.63) is 101 Å². The summed E-state index contributed by atoms with van der Waals surface area (Å²) in [5.74, 6) is -0.743. The van der Waals surface area contributed by atoms with Crippen molar-refractivity contribution in [1.29, 1.82) is 0 Å². The lowest BCUT2D eigenvalue weighted by atomic mass is 10.0. The Hall–Kier alpha value is -2.95. The van der Waals surface area contributed by atoms with Crippen molar-refractivity contribution in [2.75, 3.05) is 26.2 Å².